The molecule has 2 heterocycles. The molecule has 1 aliphatic carbocycles. The molecular formula is C13H19N3S. The van der Waals surface area contributed by atoms with Crippen LogP contribution in [0.15, 0.2) is 0 Å². The lowest BCUT2D eigenvalue weighted by Gasteiger charge is -2.06. The Balaban J connectivity index is 2.24. The van der Waals surface area contributed by atoms with Crippen LogP contribution in [0.5, 0.6) is 0 Å². The zero-order valence-electron chi connectivity index (χ0n) is 10.5. The fourth-order valence-corrected chi connectivity index (χ4v) is 4.02. The molecule has 0 bridgehead atoms. The summed E-state index contributed by atoms with van der Waals surface area (Å²) in [7, 11) is 0. The summed E-state index contributed by atoms with van der Waals surface area (Å²) in [6.07, 6.45) is 4.69. The van der Waals surface area contributed by atoms with Crippen LogP contribution in [0.1, 0.15) is 48.1 Å². The Kier molecular flexibility index (Phi) is 2.71. The molecule has 0 saturated carbocycles. The minimum atomic E-state index is 0.487. The van der Waals surface area contributed by atoms with Gasteiger partial charge in [0.05, 0.1) is 5.69 Å². The highest BCUT2D eigenvalue weighted by atomic mass is 32.1. The highest BCUT2D eigenvalue weighted by Gasteiger charge is 2.23. The predicted molar refractivity (Wildman–Crippen MR) is 71.9 cm³/mol. The Morgan fingerprint density at radius 3 is 2.94 bits per heavy atom. The number of nitrogens with two attached hydrogens (primary N) is 1. The van der Waals surface area contributed by atoms with Gasteiger partial charge in [-0.15, -0.1) is 11.3 Å². The first-order chi connectivity index (χ1) is 8.22. The SMILES string of the molecule is CC(C)c1nc2sc3c(n2c1CCN)CCC3. The van der Waals surface area contributed by atoms with E-state index in [9.17, 15) is 0 Å². The third kappa shape index (κ3) is 1.62. The Morgan fingerprint density at radius 1 is 1.41 bits per heavy atom. The van der Waals surface area contributed by atoms with Gasteiger partial charge in [-0.05, 0) is 31.7 Å². The van der Waals surface area contributed by atoms with E-state index in [1.165, 1.54) is 41.3 Å². The highest BCUT2D eigenvalue weighted by molar-refractivity contribution is 7.17. The summed E-state index contributed by atoms with van der Waals surface area (Å²) >= 11 is 1.88. The van der Waals surface area contributed by atoms with Gasteiger partial charge in [0.25, 0.3) is 0 Å². The molecule has 2 aromatic heterocycles. The molecule has 0 atom stereocenters. The first-order valence-electron chi connectivity index (χ1n) is 6.44. The van der Waals surface area contributed by atoms with Gasteiger partial charge in [-0.2, -0.15) is 0 Å². The van der Waals surface area contributed by atoms with Crippen LogP contribution in [-0.2, 0) is 19.3 Å². The van der Waals surface area contributed by atoms with Gasteiger partial charge in [-0.25, -0.2) is 4.98 Å². The van der Waals surface area contributed by atoms with Crippen molar-refractivity contribution in [2.45, 2.75) is 45.4 Å². The fraction of sp³-hybridized carbons (Fsp3) is 0.615. The number of hydrogen-bond acceptors (Lipinski definition) is 3. The Labute approximate surface area is 106 Å². The van der Waals surface area contributed by atoms with Gasteiger partial charge in [0, 0.05) is 22.7 Å². The lowest BCUT2D eigenvalue weighted by molar-refractivity contribution is 0.783. The van der Waals surface area contributed by atoms with E-state index in [-0.39, 0.29) is 0 Å². The van der Waals surface area contributed by atoms with Crippen molar-refractivity contribution in [3.8, 4) is 0 Å². The third-order valence-corrected chi connectivity index (χ3v) is 4.67. The standard InChI is InChI=1S/C13H19N3S/c1-8(2)12-10(6-7-14)16-9-4-3-5-11(9)17-13(16)15-12/h8H,3-7,14H2,1-2H3. The number of rotatable bonds is 3. The molecule has 4 heteroatoms. The van der Waals surface area contributed by atoms with Crippen molar-refractivity contribution < 1.29 is 0 Å². The van der Waals surface area contributed by atoms with E-state index in [0.29, 0.717) is 12.5 Å². The predicted octanol–water partition coefficient (Wildman–Crippen LogP) is 2.51. The first kappa shape index (κ1) is 11.2. The molecule has 0 aliphatic heterocycles. The van der Waals surface area contributed by atoms with Crippen molar-refractivity contribution in [1.82, 2.24) is 9.38 Å². The molecule has 1 aliphatic rings. The van der Waals surface area contributed by atoms with Gasteiger partial charge in [0.1, 0.15) is 0 Å². The van der Waals surface area contributed by atoms with Crippen molar-refractivity contribution in [2.24, 2.45) is 5.73 Å². The summed E-state index contributed by atoms with van der Waals surface area (Å²) in [6.45, 7) is 5.14. The Morgan fingerprint density at radius 2 is 2.24 bits per heavy atom. The summed E-state index contributed by atoms with van der Waals surface area (Å²) in [6, 6.07) is 0. The summed E-state index contributed by atoms with van der Waals surface area (Å²) in [5.41, 5.74) is 9.87. The summed E-state index contributed by atoms with van der Waals surface area (Å²) in [5, 5.41) is 0. The number of fused-ring (bicyclic) bond motifs is 3. The number of aryl methyl sites for hydroxylation is 2. The molecule has 0 spiro atoms. The average Bonchev–Trinajstić information content (AvgIpc) is 2.88. The smallest absolute Gasteiger partial charge is 0.194 e. The number of aromatic nitrogens is 2. The van der Waals surface area contributed by atoms with Crippen molar-refractivity contribution in [3.63, 3.8) is 0 Å². The lowest BCUT2D eigenvalue weighted by atomic mass is 10.1. The fourth-order valence-electron chi connectivity index (χ4n) is 2.79. The summed E-state index contributed by atoms with van der Waals surface area (Å²) in [5.74, 6) is 0.487. The van der Waals surface area contributed by atoms with Crippen molar-refractivity contribution >= 4 is 16.3 Å². The molecule has 2 N–H and O–H groups in total. The quantitative estimate of drug-likeness (QED) is 0.908. The molecule has 0 radical (unpaired) electrons. The van der Waals surface area contributed by atoms with Gasteiger partial charge in [0.2, 0.25) is 0 Å². The van der Waals surface area contributed by atoms with Crippen LogP contribution >= 0.6 is 11.3 Å². The topological polar surface area (TPSA) is 43.3 Å². The van der Waals surface area contributed by atoms with Crippen LogP contribution < -0.4 is 5.73 Å². The summed E-state index contributed by atoms with van der Waals surface area (Å²) in [4.78, 5) is 7.54. The van der Waals surface area contributed by atoms with Crippen molar-refractivity contribution in [1.29, 1.82) is 0 Å². The highest BCUT2D eigenvalue weighted by Crippen LogP contribution is 2.34. The average molecular weight is 249 g/mol. The van der Waals surface area contributed by atoms with Crippen LogP contribution in [0.4, 0.5) is 0 Å². The third-order valence-electron chi connectivity index (χ3n) is 3.52. The largest absolute Gasteiger partial charge is 0.330 e. The minimum absolute atomic E-state index is 0.487. The van der Waals surface area contributed by atoms with Crippen LogP contribution in [0.3, 0.4) is 0 Å². The van der Waals surface area contributed by atoms with E-state index in [0.717, 1.165) is 6.42 Å². The molecule has 2 aromatic rings. The van der Waals surface area contributed by atoms with Gasteiger partial charge in [0.15, 0.2) is 4.96 Å². The second kappa shape index (κ2) is 4.10. The van der Waals surface area contributed by atoms with Crippen LogP contribution in [0.25, 0.3) is 4.96 Å². The van der Waals surface area contributed by atoms with Gasteiger partial charge >= 0.3 is 0 Å². The number of nitrogens with zero attached hydrogens (tertiary/aromatic N) is 2. The first-order valence-corrected chi connectivity index (χ1v) is 7.26. The van der Waals surface area contributed by atoms with Crippen LogP contribution in [0.2, 0.25) is 0 Å². The lowest BCUT2D eigenvalue weighted by Crippen LogP contribution is -2.09. The molecule has 0 amide bonds. The van der Waals surface area contributed by atoms with E-state index < -0.39 is 0 Å². The molecule has 17 heavy (non-hydrogen) atoms. The Bertz CT molecular complexity index is 550. The maximum Gasteiger partial charge on any atom is 0.194 e. The second-order valence-electron chi connectivity index (χ2n) is 5.08. The van der Waals surface area contributed by atoms with Gasteiger partial charge in [-0.3, -0.25) is 4.40 Å². The number of hydrogen-bond donors (Lipinski definition) is 1. The molecular weight excluding hydrogens is 230 g/mol. The monoisotopic (exact) mass is 249 g/mol. The van der Waals surface area contributed by atoms with Gasteiger partial charge < -0.3 is 5.73 Å². The number of thiazole rings is 1. The van der Waals surface area contributed by atoms with Crippen molar-refractivity contribution in [3.05, 3.63) is 22.0 Å². The molecule has 0 unspecified atom stereocenters. The zero-order chi connectivity index (χ0) is 12.0. The van der Waals surface area contributed by atoms with E-state index in [4.69, 9.17) is 10.7 Å². The zero-order valence-corrected chi connectivity index (χ0v) is 11.3. The molecule has 3 nitrogen and oxygen atoms in total. The van der Waals surface area contributed by atoms with Crippen molar-refractivity contribution in [2.75, 3.05) is 6.54 Å². The number of imidazole rings is 1. The molecule has 92 valence electrons. The van der Waals surface area contributed by atoms with Crippen LogP contribution in [0, 0.1) is 0 Å². The minimum Gasteiger partial charge on any atom is -0.330 e. The molecule has 0 fully saturated rings. The molecule has 3 rings (SSSR count). The van der Waals surface area contributed by atoms with Gasteiger partial charge in [-0.1, -0.05) is 13.8 Å². The maximum absolute atomic E-state index is 5.76. The maximum atomic E-state index is 5.76. The second-order valence-corrected chi connectivity index (χ2v) is 6.14. The normalized spacial score (nSPS) is 15.1. The molecule has 0 saturated heterocycles. The summed E-state index contributed by atoms with van der Waals surface area (Å²) < 4.78 is 2.40. The molecule has 0 aromatic carbocycles. The van der Waals surface area contributed by atoms with E-state index in [1.54, 1.807) is 4.88 Å². The Hall–Kier alpha value is -0.870. The van der Waals surface area contributed by atoms with E-state index in [2.05, 4.69) is 18.2 Å². The van der Waals surface area contributed by atoms with E-state index >= 15 is 0 Å². The van der Waals surface area contributed by atoms with Crippen LogP contribution in [-0.4, -0.2) is 15.9 Å². The van der Waals surface area contributed by atoms with E-state index in [1.807, 2.05) is 11.3 Å².